The van der Waals surface area contributed by atoms with Crippen LogP contribution in [0, 0.1) is 0 Å². The summed E-state index contributed by atoms with van der Waals surface area (Å²) >= 11 is 0. The van der Waals surface area contributed by atoms with Gasteiger partial charge in [0, 0.05) is 0 Å². The van der Waals surface area contributed by atoms with Crippen LogP contribution >= 0.6 is 0 Å². The van der Waals surface area contributed by atoms with Gasteiger partial charge in [-0.25, -0.2) is 0 Å². The van der Waals surface area contributed by atoms with Crippen LogP contribution in [0.1, 0.15) is 116 Å². The van der Waals surface area contributed by atoms with Gasteiger partial charge in [-0.3, -0.25) is 0 Å². The predicted octanol–water partition coefficient (Wildman–Crippen LogP) is 9.47. The first kappa shape index (κ1) is 42.8. The van der Waals surface area contributed by atoms with E-state index in [1.165, 1.54) is 11.1 Å². The number of rotatable bonds is 4. The minimum absolute atomic E-state index is 1.02. The fourth-order valence-electron chi connectivity index (χ4n) is 0.604. The van der Waals surface area contributed by atoms with E-state index in [0.717, 1.165) is 19.3 Å². The van der Waals surface area contributed by atoms with E-state index in [1.54, 1.807) is 0 Å². The van der Waals surface area contributed by atoms with E-state index in [-0.39, 0.29) is 0 Å². The van der Waals surface area contributed by atoms with Gasteiger partial charge in [-0.15, -0.1) is 0 Å². The SMILES string of the molecule is C=C(CC)CC(=C)CC.CC.CC.CC.CC.CC.CC. The summed E-state index contributed by atoms with van der Waals surface area (Å²) in [6.07, 6.45) is 3.19. The van der Waals surface area contributed by atoms with Crippen LogP contribution in [0.2, 0.25) is 0 Å². The maximum atomic E-state index is 3.90. The standard InChI is InChI=1S/C9H16.6C2H6/c1-5-8(3)7-9(4)6-2;6*1-2/h3-7H2,1-2H3;6*1-2H3. The molecule has 0 aliphatic rings. The van der Waals surface area contributed by atoms with Crippen molar-refractivity contribution < 1.29 is 0 Å². The Hall–Kier alpha value is -0.520. The molecule has 0 bridgehead atoms. The van der Waals surface area contributed by atoms with E-state index >= 15 is 0 Å². The molecule has 0 saturated heterocycles. The molecule has 0 fully saturated rings. The number of hydrogen-bond acceptors (Lipinski definition) is 0. The van der Waals surface area contributed by atoms with Crippen LogP contribution in [0.15, 0.2) is 24.3 Å². The third-order valence-electron chi connectivity index (χ3n) is 1.50. The molecule has 0 heterocycles. The highest BCUT2D eigenvalue weighted by Gasteiger charge is 1.92. The van der Waals surface area contributed by atoms with Crippen molar-refractivity contribution in [2.75, 3.05) is 0 Å². The van der Waals surface area contributed by atoms with E-state index in [9.17, 15) is 0 Å². The lowest BCUT2D eigenvalue weighted by atomic mass is 10.0. The normalized spacial score (nSPS) is 5.62. The van der Waals surface area contributed by atoms with Crippen LogP contribution in [-0.4, -0.2) is 0 Å². The second-order valence-electron chi connectivity index (χ2n) is 2.38. The molecule has 21 heavy (non-hydrogen) atoms. The molecule has 0 rings (SSSR count). The lowest BCUT2D eigenvalue weighted by Crippen LogP contribution is -1.81. The second-order valence-corrected chi connectivity index (χ2v) is 2.38. The second kappa shape index (κ2) is 92.5. The van der Waals surface area contributed by atoms with Crippen molar-refractivity contribution in [2.45, 2.75) is 116 Å². The zero-order chi connectivity index (χ0) is 19.3. The van der Waals surface area contributed by atoms with Crippen molar-refractivity contribution in [1.82, 2.24) is 0 Å². The molecule has 0 aliphatic heterocycles. The Morgan fingerprint density at radius 2 is 0.619 bits per heavy atom. The molecule has 0 aliphatic carbocycles. The summed E-state index contributed by atoms with van der Waals surface area (Å²) in [6, 6.07) is 0. The Bertz CT molecular complexity index is 95.2. The predicted molar refractivity (Wildman–Crippen MR) is 112 cm³/mol. The van der Waals surface area contributed by atoms with Crippen molar-refractivity contribution >= 4 is 0 Å². The Labute approximate surface area is 141 Å². The van der Waals surface area contributed by atoms with Gasteiger partial charge in [-0.05, 0) is 19.3 Å². The first-order valence-corrected chi connectivity index (χ1v) is 9.54. The Balaban J connectivity index is -0.0000000275. The molecule has 0 atom stereocenters. The van der Waals surface area contributed by atoms with Gasteiger partial charge in [0.15, 0.2) is 0 Å². The summed E-state index contributed by atoms with van der Waals surface area (Å²) in [5, 5.41) is 0. The number of allylic oxidation sites excluding steroid dienone is 2. The minimum atomic E-state index is 1.02. The van der Waals surface area contributed by atoms with Crippen LogP contribution < -0.4 is 0 Å². The fourth-order valence-corrected chi connectivity index (χ4v) is 0.604. The smallest absolute Gasteiger partial charge is 0.0114 e. The largest absolute Gasteiger partial charge is 0.0995 e. The summed E-state index contributed by atoms with van der Waals surface area (Å²) in [5.74, 6) is 0. The minimum Gasteiger partial charge on any atom is -0.0995 e. The number of hydrogen-bond donors (Lipinski definition) is 0. The molecule has 0 nitrogen and oxygen atoms in total. The average molecular weight is 305 g/mol. The van der Waals surface area contributed by atoms with Crippen molar-refractivity contribution in [2.24, 2.45) is 0 Å². The third kappa shape index (κ3) is 106. The lowest BCUT2D eigenvalue weighted by Gasteiger charge is -2.01. The lowest BCUT2D eigenvalue weighted by molar-refractivity contribution is 0.945. The van der Waals surface area contributed by atoms with E-state index in [1.807, 2.05) is 83.1 Å². The van der Waals surface area contributed by atoms with Crippen molar-refractivity contribution in [1.29, 1.82) is 0 Å². The highest BCUT2D eigenvalue weighted by molar-refractivity contribution is 5.08. The van der Waals surface area contributed by atoms with Crippen LogP contribution in [0.3, 0.4) is 0 Å². The summed E-state index contributed by atoms with van der Waals surface area (Å²) in [5.41, 5.74) is 2.59. The Morgan fingerprint density at radius 3 is 0.714 bits per heavy atom. The molecule has 0 aromatic carbocycles. The van der Waals surface area contributed by atoms with E-state index < -0.39 is 0 Å². The molecule has 0 N–H and O–H groups in total. The molecule has 0 radical (unpaired) electrons. The van der Waals surface area contributed by atoms with E-state index in [2.05, 4.69) is 27.0 Å². The maximum absolute atomic E-state index is 3.90. The van der Waals surface area contributed by atoms with Crippen LogP contribution in [0.5, 0.6) is 0 Å². The van der Waals surface area contributed by atoms with Gasteiger partial charge in [0.05, 0.1) is 0 Å². The first-order chi connectivity index (χ1) is 10.2. The van der Waals surface area contributed by atoms with Gasteiger partial charge in [0.1, 0.15) is 0 Å². The van der Waals surface area contributed by atoms with Gasteiger partial charge in [0.25, 0.3) is 0 Å². The van der Waals surface area contributed by atoms with Crippen molar-refractivity contribution in [3.05, 3.63) is 24.3 Å². The molecule has 0 spiro atoms. The van der Waals surface area contributed by atoms with Gasteiger partial charge in [-0.2, -0.15) is 0 Å². The average Bonchev–Trinajstić information content (AvgIpc) is 2.65. The molecule has 0 amide bonds. The fraction of sp³-hybridized carbons (Fsp3) is 0.810. The van der Waals surface area contributed by atoms with E-state index in [0.29, 0.717) is 0 Å². The molecule has 136 valence electrons. The quantitative estimate of drug-likeness (QED) is 0.453. The molecule has 0 unspecified atom stereocenters. The van der Waals surface area contributed by atoms with Crippen LogP contribution in [0.4, 0.5) is 0 Å². The molecule has 0 aromatic heterocycles. The van der Waals surface area contributed by atoms with Gasteiger partial charge in [0.2, 0.25) is 0 Å². The topological polar surface area (TPSA) is 0 Å². The summed E-state index contributed by atoms with van der Waals surface area (Å²) < 4.78 is 0. The van der Waals surface area contributed by atoms with Gasteiger partial charge < -0.3 is 0 Å². The summed E-state index contributed by atoms with van der Waals surface area (Å²) in [6.45, 7) is 36.1. The highest BCUT2D eigenvalue weighted by atomic mass is 14.0. The van der Waals surface area contributed by atoms with Crippen LogP contribution in [0.25, 0.3) is 0 Å². The highest BCUT2D eigenvalue weighted by Crippen LogP contribution is 2.12. The zero-order valence-electron chi connectivity index (χ0n) is 18.5. The monoisotopic (exact) mass is 304 g/mol. The molecular formula is C21H52. The first-order valence-electron chi connectivity index (χ1n) is 9.54. The zero-order valence-corrected chi connectivity index (χ0v) is 18.5. The molecular weight excluding hydrogens is 252 g/mol. The summed E-state index contributed by atoms with van der Waals surface area (Å²) in [7, 11) is 0. The maximum Gasteiger partial charge on any atom is -0.0114 e. The summed E-state index contributed by atoms with van der Waals surface area (Å²) in [4.78, 5) is 0. The van der Waals surface area contributed by atoms with E-state index in [4.69, 9.17) is 0 Å². The van der Waals surface area contributed by atoms with Gasteiger partial charge >= 0.3 is 0 Å². The third-order valence-corrected chi connectivity index (χ3v) is 1.50. The van der Waals surface area contributed by atoms with Gasteiger partial charge in [-0.1, -0.05) is 121 Å². The molecule has 0 heteroatoms. The Kier molecular flexibility index (Phi) is 188. The van der Waals surface area contributed by atoms with Crippen molar-refractivity contribution in [3.63, 3.8) is 0 Å². The Morgan fingerprint density at radius 1 is 0.476 bits per heavy atom. The van der Waals surface area contributed by atoms with Crippen LogP contribution in [-0.2, 0) is 0 Å². The molecule has 0 saturated carbocycles. The van der Waals surface area contributed by atoms with Crippen molar-refractivity contribution in [3.8, 4) is 0 Å². The molecule has 0 aromatic rings.